The summed E-state index contributed by atoms with van der Waals surface area (Å²) in [6.45, 7) is 4.80. The van der Waals surface area contributed by atoms with Crippen LogP contribution in [-0.2, 0) is 5.41 Å². The number of nitrogens with zero attached hydrogens (tertiary/aromatic N) is 3. The Labute approximate surface area is 578 Å². The van der Waals surface area contributed by atoms with E-state index in [1.807, 2.05) is 18.2 Å². The molecule has 0 saturated heterocycles. The molecule has 5 heteroatoms. The van der Waals surface area contributed by atoms with Crippen molar-refractivity contribution in [2.45, 2.75) is 19.3 Å². The summed E-state index contributed by atoms with van der Waals surface area (Å²) < 4.78 is 15.3. The molecule has 0 fully saturated rings. The second kappa shape index (κ2) is 22.6. The molecule has 16 aromatic carbocycles. The number of fused-ring (bicyclic) bond motifs is 14. The number of hydrogen-bond donors (Lipinski definition) is 0. The number of anilines is 6. The van der Waals surface area contributed by atoms with Gasteiger partial charge >= 0.3 is 0 Å². The van der Waals surface area contributed by atoms with E-state index < -0.39 is 0 Å². The number of furan rings is 2. The molecular weight excluding hydrogens is 1220 g/mol. The van der Waals surface area contributed by atoms with Crippen LogP contribution in [0, 0.1) is 0 Å². The number of rotatable bonds is 11. The van der Waals surface area contributed by atoms with E-state index in [1.54, 1.807) is 0 Å². The fourth-order valence-corrected chi connectivity index (χ4v) is 16.4. The maximum absolute atomic E-state index is 6.52. The quantitative estimate of drug-likeness (QED) is 0.129. The van der Waals surface area contributed by atoms with E-state index in [0.717, 1.165) is 139 Å². The van der Waals surface area contributed by atoms with Crippen molar-refractivity contribution in [3.05, 3.63) is 357 Å². The lowest BCUT2D eigenvalue weighted by molar-refractivity contribution is 0.661. The smallest absolute Gasteiger partial charge is 0.135 e. The molecule has 0 atom stereocenters. The van der Waals surface area contributed by atoms with E-state index in [0.29, 0.717) is 0 Å². The Morgan fingerprint density at radius 1 is 0.250 bits per heavy atom. The lowest BCUT2D eigenvalue weighted by atomic mass is 9.80. The monoisotopic (exact) mass is 1280 g/mol. The first-order valence-electron chi connectivity index (χ1n) is 34.4. The van der Waals surface area contributed by atoms with Crippen molar-refractivity contribution in [1.29, 1.82) is 0 Å². The average Bonchev–Trinajstić information content (AvgIpc) is 1.60. The lowest BCUT2D eigenvalue weighted by Crippen LogP contribution is -2.15. The van der Waals surface area contributed by atoms with E-state index in [2.05, 4.69) is 356 Å². The molecule has 1 aliphatic rings. The van der Waals surface area contributed by atoms with Crippen LogP contribution in [-0.4, -0.2) is 4.57 Å². The Morgan fingerprint density at radius 3 is 1.27 bits per heavy atom. The van der Waals surface area contributed by atoms with Crippen molar-refractivity contribution in [3.63, 3.8) is 0 Å². The molecule has 3 heterocycles. The molecule has 19 aromatic rings. The second-order valence-electron chi connectivity index (χ2n) is 27.1. The first kappa shape index (κ1) is 57.3. The molecule has 0 saturated carbocycles. The van der Waals surface area contributed by atoms with E-state index in [9.17, 15) is 0 Å². The van der Waals surface area contributed by atoms with Crippen LogP contribution in [0.25, 0.3) is 149 Å². The van der Waals surface area contributed by atoms with E-state index >= 15 is 0 Å². The van der Waals surface area contributed by atoms with Gasteiger partial charge < -0.3 is 23.2 Å². The van der Waals surface area contributed by atoms with Crippen molar-refractivity contribution in [2.75, 3.05) is 9.80 Å². The molecule has 20 rings (SSSR count). The summed E-state index contributed by atoms with van der Waals surface area (Å²) in [5.41, 5.74) is 27.3. The Kier molecular flexibility index (Phi) is 12.9. The van der Waals surface area contributed by atoms with Gasteiger partial charge in [0.1, 0.15) is 22.3 Å². The number of hydrogen-bond acceptors (Lipinski definition) is 4. The van der Waals surface area contributed by atoms with E-state index in [4.69, 9.17) is 8.83 Å². The standard InChI is InChI=1S/C95H63N3O2/c1-95(2)81-58-64(60-41-48-68(49-42-60)96(84-37-19-23-61-21-3-5-25-69(61)84)83-32-12-7-27-71(83)66-46-53-93-79(56-66)76-30-10-17-39-91(76)99-93)43-50-72(81)73-51-44-65(59-82(73)95)63-45-52-88(78(55-63)67-47-54-94-80(57-67)77-31-11-18-40-92(77)100-94)97(85-38-20-24-62-22-4-6-26-70(62)85)89-35-15-16-36-90(89)98-86-33-13-8-28-74(86)75-29-9-14-34-87(75)98/h3-59H,1-2H3. The molecule has 0 unspecified atom stereocenters. The molecular formula is C95H63N3O2. The van der Waals surface area contributed by atoms with Crippen LogP contribution >= 0.6 is 0 Å². The summed E-state index contributed by atoms with van der Waals surface area (Å²) in [6, 6.07) is 127. The molecule has 0 spiro atoms. The minimum atomic E-state index is -0.310. The fourth-order valence-electron chi connectivity index (χ4n) is 16.4. The van der Waals surface area contributed by atoms with Crippen molar-refractivity contribution >= 4 is 121 Å². The number of para-hydroxylation sites is 7. The third-order valence-corrected chi connectivity index (χ3v) is 21.2. The maximum atomic E-state index is 6.52. The molecule has 0 N–H and O–H groups in total. The maximum Gasteiger partial charge on any atom is 0.135 e. The van der Waals surface area contributed by atoms with Crippen LogP contribution in [0.1, 0.15) is 25.0 Å². The van der Waals surface area contributed by atoms with Gasteiger partial charge in [0.2, 0.25) is 0 Å². The Morgan fingerprint density at radius 2 is 0.660 bits per heavy atom. The predicted molar refractivity (Wildman–Crippen MR) is 419 cm³/mol. The summed E-state index contributed by atoms with van der Waals surface area (Å²) in [4.78, 5) is 4.95. The topological polar surface area (TPSA) is 37.7 Å². The molecule has 0 aliphatic heterocycles. The molecule has 3 aromatic heterocycles. The molecule has 0 amide bonds. The molecule has 100 heavy (non-hydrogen) atoms. The van der Waals surface area contributed by atoms with Gasteiger partial charge in [-0.25, -0.2) is 0 Å². The summed E-state index contributed by atoms with van der Waals surface area (Å²) in [7, 11) is 0. The van der Waals surface area contributed by atoms with Crippen molar-refractivity contribution in [1.82, 2.24) is 4.57 Å². The highest BCUT2D eigenvalue weighted by Crippen LogP contribution is 2.54. The van der Waals surface area contributed by atoms with Crippen molar-refractivity contribution in [2.24, 2.45) is 0 Å². The predicted octanol–water partition coefficient (Wildman–Crippen LogP) is 26.8. The average molecular weight is 1280 g/mol. The fraction of sp³-hybridized carbons (Fsp3) is 0.0316. The lowest BCUT2D eigenvalue weighted by Gasteiger charge is -2.31. The van der Waals surface area contributed by atoms with Gasteiger partial charge in [0.05, 0.1) is 45.2 Å². The Bertz CT molecular complexity index is 6480. The van der Waals surface area contributed by atoms with Gasteiger partial charge in [-0.1, -0.05) is 244 Å². The van der Waals surface area contributed by atoms with Crippen LogP contribution in [0.5, 0.6) is 0 Å². The normalized spacial score (nSPS) is 12.6. The largest absolute Gasteiger partial charge is 0.456 e. The highest BCUT2D eigenvalue weighted by atomic mass is 16.3. The summed E-state index contributed by atoms with van der Waals surface area (Å²) in [6.07, 6.45) is 0. The third-order valence-electron chi connectivity index (χ3n) is 21.2. The zero-order chi connectivity index (χ0) is 66.2. The van der Waals surface area contributed by atoms with Gasteiger partial charge in [-0.3, -0.25) is 0 Å². The van der Waals surface area contributed by atoms with E-state index in [-0.39, 0.29) is 5.41 Å². The first-order valence-corrected chi connectivity index (χ1v) is 34.4. The van der Waals surface area contributed by atoms with Crippen LogP contribution in [0.4, 0.5) is 34.1 Å². The molecule has 0 radical (unpaired) electrons. The van der Waals surface area contributed by atoms with Gasteiger partial charge in [-0.2, -0.15) is 0 Å². The van der Waals surface area contributed by atoms with Crippen molar-refractivity contribution in [3.8, 4) is 61.3 Å². The SMILES string of the molecule is CC1(C)c2cc(-c3ccc(N(c4ccccc4-c4ccc5oc6ccccc6c5c4)c4cccc5ccccc45)cc3)ccc2-c2ccc(-c3ccc(N(c4ccccc4-n4c5ccccc5c5ccccc54)c4cccc5ccccc45)c(-c4ccc5oc6ccccc6c5c4)c3)cc21. The number of benzene rings is 16. The first-order chi connectivity index (χ1) is 49.3. The van der Waals surface area contributed by atoms with E-state index in [1.165, 1.54) is 54.7 Å². The zero-order valence-electron chi connectivity index (χ0n) is 55.1. The van der Waals surface area contributed by atoms with Crippen LogP contribution < -0.4 is 9.80 Å². The minimum Gasteiger partial charge on any atom is -0.456 e. The molecule has 1 aliphatic carbocycles. The number of aromatic nitrogens is 1. The zero-order valence-corrected chi connectivity index (χ0v) is 55.1. The van der Waals surface area contributed by atoms with Gasteiger partial charge in [0, 0.05) is 65.3 Å². The molecule has 0 bridgehead atoms. The van der Waals surface area contributed by atoms with Crippen molar-refractivity contribution < 1.29 is 8.83 Å². The molecule has 470 valence electrons. The summed E-state index contributed by atoms with van der Waals surface area (Å²) >= 11 is 0. The van der Waals surface area contributed by atoms with Gasteiger partial charge in [-0.15, -0.1) is 0 Å². The summed E-state index contributed by atoms with van der Waals surface area (Å²) in [5.74, 6) is 0. The van der Waals surface area contributed by atoms with Crippen LogP contribution in [0.2, 0.25) is 0 Å². The van der Waals surface area contributed by atoms with Gasteiger partial charge in [0.25, 0.3) is 0 Å². The Hall–Kier alpha value is -13.0. The van der Waals surface area contributed by atoms with Gasteiger partial charge in [-0.05, 0) is 182 Å². The van der Waals surface area contributed by atoms with Crippen LogP contribution in [0.15, 0.2) is 355 Å². The minimum absolute atomic E-state index is 0.310. The Balaban J connectivity index is 0.700. The van der Waals surface area contributed by atoms with Crippen LogP contribution in [0.3, 0.4) is 0 Å². The second-order valence-corrected chi connectivity index (χ2v) is 27.1. The summed E-state index contributed by atoms with van der Waals surface area (Å²) in [5, 5.41) is 11.5. The third kappa shape index (κ3) is 9.02. The molecule has 5 nitrogen and oxygen atoms in total. The van der Waals surface area contributed by atoms with Gasteiger partial charge in [0.15, 0.2) is 0 Å². The highest BCUT2D eigenvalue weighted by molar-refractivity contribution is 6.13. The highest BCUT2D eigenvalue weighted by Gasteiger charge is 2.36.